The summed E-state index contributed by atoms with van der Waals surface area (Å²) in [6.45, 7) is 3.94. The summed E-state index contributed by atoms with van der Waals surface area (Å²) in [6, 6.07) is 15.0. The standard InChI is InChI=1S/C25H22FN3O3/c1-15-3-10-22-28-24(19-8-9-20(26)16(2)11-19)21(29(22)14-15)12-23(30)27-13-17-4-6-18(7-5-17)25(31)32/h3-11,14H,12-13H2,1-2H3,(H,27,30)(H,31,32). The number of carboxylic acids is 1. The second-order valence-electron chi connectivity index (χ2n) is 7.76. The van der Waals surface area contributed by atoms with Crippen LogP contribution in [-0.4, -0.2) is 26.4 Å². The van der Waals surface area contributed by atoms with Crippen molar-refractivity contribution < 1.29 is 19.1 Å². The highest BCUT2D eigenvalue weighted by atomic mass is 19.1. The van der Waals surface area contributed by atoms with Crippen molar-refractivity contribution in [2.75, 3.05) is 0 Å². The second-order valence-corrected chi connectivity index (χ2v) is 7.76. The molecule has 4 rings (SSSR count). The molecule has 0 atom stereocenters. The molecule has 2 aromatic carbocycles. The number of aromatic nitrogens is 2. The number of aryl methyl sites for hydroxylation is 2. The first-order valence-electron chi connectivity index (χ1n) is 10.1. The molecule has 0 fully saturated rings. The van der Waals surface area contributed by atoms with Crippen LogP contribution in [-0.2, 0) is 17.8 Å². The molecule has 162 valence electrons. The minimum Gasteiger partial charge on any atom is -0.478 e. The number of hydrogen-bond donors (Lipinski definition) is 2. The monoisotopic (exact) mass is 431 g/mol. The molecule has 32 heavy (non-hydrogen) atoms. The van der Waals surface area contributed by atoms with Gasteiger partial charge in [0.15, 0.2) is 0 Å². The number of benzene rings is 2. The Balaban J connectivity index is 1.60. The van der Waals surface area contributed by atoms with Gasteiger partial charge >= 0.3 is 5.97 Å². The molecule has 0 aliphatic heterocycles. The minimum atomic E-state index is -0.993. The third-order valence-corrected chi connectivity index (χ3v) is 5.32. The Bertz CT molecular complexity index is 1330. The van der Waals surface area contributed by atoms with E-state index in [1.165, 1.54) is 18.2 Å². The predicted molar refractivity (Wildman–Crippen MR) is 119 cm³/mol. The summed E-state index contributed by atoms with van der Waals surface area (Å²) in [4.78, 5) is 28.5. The normalized spacial score (nSPS) is 11.0. The van der Waals surface area contributed by atoms with Crippen LogP contribution in [0.1, 0.15) is 32.7 Å². The number of aromatic carboxylic acids is 1. The number of imidazole rings is 1. The van der Waals surface area contributed by atoms with E-state index >= 15 is 0 Å². The highest BCUT2D eigenvalue weighted by molar-refractivity contribution is 5.87. The van der Waals surface area contributed by atoms with E-state index in [1.54, 1.807) is 31.2 Å². The number of carbonyl (C=O) groups excluding carboxylic acids is 1. The van der Waals surface area contributed by atoms with Gasteiger partial charge in [-0.3, -0.25) is 4.79 Å². The fourth-order valence-electron chi connectivity index (χ4n) is 3.57. The highest BCUT2D eigenvalue weighted by Crippen LogP contribution is 2.27. The lowest BCUT2D eigenvalue weighted by molar-refractivity contribution is -0.120. The average Bonchev–Trinajstić information content (AvgIpc) is 3.12. The van der Waals surface area contributed by atoms with Crippen LogP contribution in [0.4, 0.5) is 4.39 Å². The summed E-state index contributed by atoms with van der Waals surface area (Å²) in [5, 5.41) is 11.9. The van der Waals surface area contributed by atoms with Crippen LogP contribution < -0.4 is 5.32 Å². The minimum absolute atomic E-state index is 0.0869. The zero-order chi connectivity index (χ0) is 22.8. The van der Waals surface area contributed by atoms with Crippen LogP contribution in [0.25, 0.3) is 16.9 Å². The third kappa shape index (κ3) is 4.37. The van der Waals surface area contributed by atoms with Crippen molar-refractivity contribution in [2.24, 2.45) is 0 Å². The SMILES string of the molecule is Cc1ccc2nc(-c3ccc(F)c(C)c3)c(CC(=O)NCc3ccc(C(=O)O)cc3)n2c1. The molecule has 0 bridgehead atoms. The molecule has 0 aliphatic carbocycles. The van der Waals surface area contributed by atoms with Crippen LogP contribution >= 0.6 is 0 Å². The number of rotatable bonds is 6. The number of amides is 1. The molecule has 0 saturated carbocycles. The number of halogens is 1. The first-order valence-corrected chi connectivity index (χ1v) is 10.1. The zero-order valence-electron chi connectivity index (χ0n) is 17.7. The smallest absolute Gasteiger partial charge is 0.335 e. The van der Waals surface area contributed by atoms with Gasteiger partial charge in [-0.25, -0.2) is 14.2 Å². The number of nitrogens with one attached hydrogen (secondary N) is 1. The maximum Gasteiger partial charge on any atom is 0.335 e. The second kappa shape index (κ2) is 8.63. The highest BCUT2D eigenvalue weighted by Gasteiger charge is 2.18. The molecule has 1 amide bonds. The van der Waals surface area contributed by atoms with Gasteiger partial charge in [0.2, 0.25) is 5.91 Å². The zero-order valence-corrected chi connectivity index (χ0v) is 17.7. The predicted octanol–water partition coefficient (Wildman–Crippen LogP) is 4.31. The average molecular weight is 431 g/mol. The van der Waals surface area contributed by atoms with Gasteiger partial charge in [-0.1, -0.05) is 18.2 Å². The molecule has 0 radical (unpaired) electrons. The molecule has 2 heterocycles. The number of carbonyl (C=O) groups is 2. The molecule has 0 aliphatic rings. The molecule has 4 aromatic rings. The first kappa shape index (κ1) is 21.2. The van der Waals surface area contributed by atoms with E-state index in [1.807, 2.05) is 29.7 Å². The fraction of sp³-hybridized carbons (Fsp3) is 0.160. The largest absolute Gasteiger partial charge is 0.478 e. The Morgan fingerprint density at radius 2 is 1.81 bits per heavy atom. The molecule has 2 N–H and O–H groups in total. The van der Waals surface area contributed by atoms with Crippen LogP contribution in [0.5, 0.6) is 0 Å². The summed E-state index contributed by atoms with van der Waals surface area (Å²) in [5.74, 6) is -1.48. The van der Waals surface area contributed by atoms with E-state index in [-0.39, 0.29) is 30.3 Å². The molecule has 0 unspecified atom stereocenters. The van der Waals surface area contributed by atoms with Gasteiger partial charge in [0, 0.05) is 18.3 Å². The van der Waals surface area contributed by atoms with Crippen molar-refractivity contribution in [3.63, 3.8) is 0 Å². The Morgan fingerprint density at radius 1 is 1.06 bits per heavy atom. The van der Waals surface area contributed by atoms with Crippen molar-refractivity contribution in [3.8, 4) is 11.3 Å². The van der Waals surface area contributed by atoms with Crippen molar-refractivity contribution in [1.29, 1.82) is 0 Å². The van der Waals surface area contributed by atoms with Crippen LogP contribution in [0.2, 0.25) is 0 Å². The lowest BCUT2D eigenvalue weighted by Crippen LogP contribution is -2.25. The van der Waals surface area contributed by atoms with E-state index in [9.17, 15) is 14.0 Å². The van der Waals surface area contributed by atoms with Gasteiger partial charge in [-0.2, -0.15) is 0 Å². The van der Waals surface area contributed by atoms with E-state index in [2.05, 4.69) is 5.32 Å². The number of fused-ring (bicyclic) bond motifs is 1. The Morgan fingerprint density at radius 3 is 2.50 bits per heavy atom. The molecular weight excluding hydrogens is 409 g/mol. The van der Waals surface area contributed by atoms with Crippen molar-refractivity contribution in [2.45, 2.75) is 26.8 Å². The Labute approximate surface area is 184 Å². The number of carboxylic acid groups (broad SMARTS) is 1. The lowest BCUT2D eigenvalue weighted by atomic mass is 10.1. The molecule has 0 spiro atoms. The van der Waals surface area contributed by atoms with E-state index in [0.29, 0.717) is 22.6 Å². The van der Waals surface area contributed by atoms with Crippen LogP contribution in [0, 0.1) is 19.7 Å². The Kier molecular flexibility index (Phi) is 5.73. The summed E-state index contributed by atoms with van der Waals surface area (Å²) in [7, 11) is 0. The van der Waals surface area contributed by atoms with Gasteiger partial charge in [-0.05, 0) is 66.9 Å². The summed E-state index contributed by atoms with van der Waals surface area (Å²) < 4.78 is 15.7. The van der Waals surface area contributed by atoms with Crippen molar-refractivity contribution in [1.82, 2.24) is 14.7 Å². The summed E-state index contributed by atoms with van der Waals surface area (Å²) in [5.41, 5.74) is 5.34. The molecule has 7 heteroatoms. The molecule has 2 aromatic heterocycles. The maximum absolute atomic E-state index is 13.8. The summed E-state index contributed by atoms with van der Waals surface area (Å²) >= 11 is 0. The van der Waals surface area contributed by atoms with Gasteiger partial charge in [-0.15, -0.1) is 0 Å². The number of pyridine rings is 1. The molecular formula is C25H22FN3O3. The van der Waals surface area contributed by atoms with Gasteiger partial charge in [0.1, 0.15) is 11.5 Å². The van der Waals surface area contributed by atoms with Gasteiger partial charge < -0.3 is 14.8 Å². The Hall–Kier alpha value is -4.00. The number of nitrogens with zero attached hydrogens (tertiary/aromatic N) is 2. The number of hydrogen-bond acceptors (Lipinski definition) is 3. The molecule has 0 saturated heterocycles. The van der Waals surface area contributed by atoms with Crippen molar-refractivity contribution in [3.05, 3.63) is 94.6 Å². The van der Waals surface area contributed by atoms with E-state index < -0.39 is 5.97 Å². The first-order chi connectivity index (χ1) is 15.3. The van der Waals surface area contributed by atoms with Gasteiger partial charge in [0.25, 0.3) is 0 Å². The maximum atomic E-state index is 13.8. The molecule has 6 nitrogen and oxygen atoms in total. The van der Waals surface area contributed by atoms with Crippen LogP contribution in [0.15, 0.2) is 60.8 Å². The van der Waals surface area contributed by atoms with Crippen LogP contribution in [0.3, 0.4) is 0 Å². The topological polar surface area (TPSA) is 83.7 Å². The van der Waals surface area contributed by atoms with Crippen molar-refractivity contribution >= 4 is 17.5 Å². The lowest BCUT2D eigenvalue weighted by Gasteiger charge is -2.09. The third-order valence-electron chi connectivity index (χ3n) is 5.32. The van der Waals surface area contributed by atoms with E-state index in [4.69, 9.17) is 10.1 Å². The fourth-order valence-corrected chi connectivity index (χ4v) is 3.57. The van der Waals surface area contributed by atoms with E-state index in [0.717, 1.165) is 16.7 Å². The summed E-state index contributed by atoms with van der Waals surface area (Å²) in [6.07, 6.45) is 2.01. The van der Waals surface area contributed by atoms with Gasteiger partial charge in [0.05, 0.1) is 23.4 Å². The quantitative estimate of drug-likeness (QED) is 0.476.